The fraction of sp³-hybridized carbons (Fsp3) is 0.538. The monoisotopic (exact) mass is 552 g/mol. The van der Waals surface area contributed by atoms with E-state index in [1.165, 1.54) is 44.5 Å². The molecule has 0 heterocycles. The van der Waals surface area contributed by atoms with E-state index in [4.69, 9.17) is 0 Å². The molecule has 0 atom stereocenters. The van der Waals surface area contributed by atoms with Gasteiger partial charge in [0.15, 0.2) is 0 Å². The number of halogens is 2. The Hall–Kier alpha value is 0.629. The van der Waals surface area contributed by atoms with E-state index in [0.717, 1.165) is 13.1 Å². The van der Waals surface area contributed by atoms with Gasteiger partial charge in [-0.05, 0) is 28.2 Å². The van der Waals surface area contributed by atoms with Gasteiger partial charge in [0.2, 0.25) is 0 Å². The molecule has 2 aromatic rings. The third-order valence-corrected chi connectivity index (χ3v) is 5.25. The predicted octanol–water partition coefficient (Wildman–Crippen LogP) is 0.0455. The molecule has 0 aromatic heterocycles. The molecule has 0 aliphatic heterocycles. The molecule has 0 spiro atoms. The molecule has 0 fully saturated rings. The molecule has 182 valence electrons. The summed E-state index contributed by atoms with van der Waals surface area (Å²) in [7, 11) is 7.97. The summed E-state index contributed by atoms with van der Waals surface area (Å²) >= 11 is 0. The fourth-order valence-electron chi connectivity index (χ4n) is 2.27. The van der Waals surface area contributed by atoms with E-state index >= 15 is 0 Å². The van der Waals surface area contributed by atoms with Crippen LogP contribution >= 0.6 is 0 Å². The van der Waals surface area contributed by atoms with Crippen LogP contribution in [0.1, 0.15) is 44.5 Å². The van der Waals surface area contributed by atoms with Crippen molar-refractivity contribution in [2.45, 2.75) is 55.4 Å². The normalized spacial score (nSPS) is 8.75. The van der Waals surface area contributed by atoms with Crippen LogP contribution in [-0.4, -0.2) is 51.1 Å². The Morgan fingerprint density at radius 3 is 0.656 bits per heavy atom. The van der Waals surface area contributed by atoms with Crippen molar-refractivity contribution < 1.29 is 68.2 Å². The first-order chi connectivity index (χ1) is 12.8. The van der Waals surface area contributed by atoms with E-state index in [1.54, 1.807) is 0 Å². The second-order valence-corrected chi connectivity index (χ2v) is 8.13. The Labute approximate surface area is 243 Å². The SMILES string of the molecule is Cc1[cH-]c(C)c(C)c1C.Cc1[cH-]c(C)c(C)c1C.[CH2-]CN(C)C.[CH2-]CN(C)C.[Cl-].[Cl-].[Ti+3].[Ti+3]. The van der Waals surface area contributed by atoms with E-state index in [0.29, 0.717) is 0 Å². The van der Waals surface area contributed by atoms with Crippen LogP contribution in [0.3, 0.4) is 0 Å². The molecule has 0 aliphatic carbocycles. The maximum atomic E-state index is 3.61. The second kappa shape index (κ2) is 24.7. The van der Waals surface area contributed by atoms with Crippen molar-refractivity contribution in [3.8, 4) is 0 Å². The molecule has 6 heteroatoms. The van der Waals surface area contributed by atoms with Crippen molar-refractivity contribution in [3.05, 3.63) is 70.5 Å². The van der Waals surface area contributed by atoms with Crippen LogP contribution in [0.25, 0.3) is 0 Å². The Balaban J connectivity index is -0.0000000701. The smallest absolute Gasteiger partial charge is 1.00 e. The Morgan fingerprint density at radius 1 is 0.500 bits per heavy atom. The minimum atomic E-state index is 0. The fourth-order valence-corrected chi connectivity index (χ4v) is 2.27. The van der Waals surface area contributed by atoms with Gasteiger partial charge in [0.1, 0.15) is 0 Å². The number of nitrogens with zero attached hydrogens (tertiary/aromatic N) is 2. The summed E-state index contributed by atoms with van der Waals surface area (Å²) in [5.74, 6) is 0. The maximum absolute atomic E-state index is 3.61. The Kier molecular flexibility index (Phi) is 35.6. The summed E-state index contributed by atoms with van der Waals surface area (Å²) in [6.07, 6.45) is 0. The molecule has 2 nitrogen and oxygen atoms in total. The summed E-state index contributed by atoms with van der Waals surface area (Å²) in [4.78, 5) is 4.03. The molecular formula is C26H46Cl2N2Ti2. The molecule has 0 aliphatic rings. The van der Waals surface area contributed by atoms with Crippen molar-refractivity contribution in [1.82, 2.24) is 9.80 Å². The Morgan fingerprint density at radius 2 is 0.625 bits per heavy atom. The minimum Gasteiger partial charge on any atom is -1.00 e. The summed E-state index contributed by atoms with van der Waals surface area (Å²) < 4.78 is 0. The van der Waals surface area contributed by atoms with Crippen LogP contribution in [-0.2, 0) is 43.4 Å². The van der Waals surface area contributed by atoms with Crippen LogP contribution in [0.4, 0.5) is 0 Å². The molecule has 32 heavy (non-hydrogen) atoms. The van der Waals surface area contributed by atoms with Crippen LogP contribution < -0.4 is 24.8 Å². The topological polar surface area (TPSA) is 6.48 Å². The molecule has 0 saturated heterocycles. The van der Waals surface area contributed by atoms with Gasteiger partial charge in [-0.1, -0.05) is 55.4 Å². The van der Waals surface area contributed by atoms with E-state index in [9.17, 15) is 0 Å². The number of rotatable bonds is 2. The summed E-state index contributed by atoms with van der Waals surface area (Å²) in [5, 5.41) is 0. The van der Waals surface area contributed by atoms with Gasteiger partial charge in [-0.2, -0.15) is 56.6 Å². The van der Waals surface area contributed by atoms with Crippen molar-refractivity contribution in [2.75, 3.05) is 41.3 Å². The van der Waals surface area contributed by atoms with Crippen molar-refractivity contribution in [3.63, 3.8) is 0 Å². The first-order valence-electron chi connectivity index (χ1n) is 10.1. The average molecular weight is 553 g/mol. The van der Waals surface area contributed by atoms with Crippen molar-refractivity contribution in [2.24, 2.45) is 0 Å². The number of hydrogen-bond donors (Lipinski definition) is 0. The van der Waals surface area contributed by atoms with Crippen molar-refractivity contribution >= 4 is 0 Å². The quantitative estimate of drug-likeness (QED) is 0.384. The molecule has 0 amide bonds. The van der Waals surface area contributed by atoms with Gasteiger partial charge in [0, 0.05) is 0 Å². The largest absolute Gasteiger partial charge is 3.00 e. The number of aryl methyl sites for hydroxylation is 4. The summed E-state index contributed by atoms with van der Waals surface area (Å²) in [6.45, 7) is 26.4. The third kappa shape index (κ3) is 20.0. The van der Waals surface area contributed by atoms with Gasteiger partial charge >= 0.3 is 43.4 Å². The first-order valence-corrected chi connectivity index (χ1v) is 10.1. The zero-order valence-electron chi connectivity index (χ0n) is 22.6. The van der Waals surface area contributed by atoms with Crippen molar-refractivity contribution in [1.29, 1.82) is 0 Å². The standard InChI is InChI=1S/2C9H13.2C4H10N.2ClH.2Ti/c2*1-6-5-7(2)9(4)8(6)3;2*1-4-5(2)3;;;;/h2*5H,1-4H3;2*1,4H2,2-3H3;2*1H;;/q4*-1;;;2*+3/p-2. The summed E-state index contributed by atoms with van der Waals surface area (Å²) in [6, 6.07) is 4.48. The molecule has 0 saturated carbocycles. The van der Waals surface area contributed by atoms with Gasteiger partial charge < -0.3 is 48.5 Å². The van der Waals surface area contributed by atoms with Gasteiger partial charge in [0.05, 0.1) is 0 Å². The zero-order chi connectivity index (χ0) is 22.6. The van der Waals surface area contributed by atoms with Crippen LogP contribution in [0.15, 0.2) is 12.1 Å². The average Bonchev–Trinajstić information content (AvgIpc) is 2.99. The van der Waals surface area contributed by atoms with E-state index in [-0.39, 0.29) is 68.2 Å². The molecule has 2 radical (unpaired) electrons. The Bertz CT molecular complexity index is 573. The summed E-state index contributed by atoms with van der Waals surface area (Å²) in [5.41, 5.74) is 11.5. The van der Waals surface area contributed by atoms with Crippen LogP contribution in [0.5, 0.6) is 0 Å². The molecule has 0 bridgehead atoms. The van der Waals surface area contributed by atoms with Gasteiger partial charge in [-0.3, -0.25) is 0 Å². The van der Waals surface area contributed by atoms with Gasteiger partial charge in [-0.15, -0.1) is 13.1 Å². The number of hydrogen-bond acceptors (Lipinski definition) is 2. The predicted molar refractivity (Wildman–Crippen MR) is 130 cm³/mol. The third-order valence-electron chi connectivity index (χ3n) is 5.25. The first kappa shape index (κ1) is 46.0. The van der Waals surface area contributed by atoms with Gasteiger partial charge in [0.25, 0.3) is 0 Å². The van der Waals surface area contributed by atoms with E-state index < -0.39 is 0 Å². The van der Waals surface area contributed by atoms with E-state index in [1.807, 2.05) is 38.0 Å². The molecule has 0 N–H and O–H groups in total. The maximum Gasteiger partial charge on any atom is 3.00 e. The second-order valence-electron chi connectivity index (χ2n) is 8.13. The molecule has 2 rings (SSSR count). The molecular weight excluding hydrogens is 507 g/mol. The molecule has 0 unspecified atom stereocenters. The zero-order valence-corrected chi connectivity index (χ0v) is 27.3. The van der Waals surface area contributed by atoms with Crippen LogP contribution in [0, 0.1) is 69.2 Å². The van der Waals surface area contributed by atoms with Crippen LogP contribution in [0.2, 0.25) is 0 Å². The van der Waals surface area contributed by atoms with E-state index in [2.05, 4.69) is 81.4 Å². The molecule has 2 aromatic carbocycles. The van der Waals surface area contributed by atoms with Gasteiger partial charge in [-0.25, -0.2) is 0 Å². The minimum absolute atomic E-state index is 0.